The van der Waals surface area contributed by atoms with Gasteiger partial charge in [-0.25, -0.2) is 9.69 Å². The smallest absolute Gasteiger partial charge is 0.407 e. The van der Waals surface area contributed by atoms with Crippen LogP contribution in [0.25, 0.3) is 0 Å². The summed E-state index contributed by atoms with van der Waals surface area (Å²) >= 11 is 0. The van der Waals surface area contributed by atoms with Crippen LogP contribution in [0.2, 0.25) is 0 Å². The van der Waals surface area contributed by atoms with Gasteiger partial charge in [0, 0.05) is 18.2 Å². The molecular formula is C35H43N3O8. The number of rotatable bonds is 12. The van der Waals surface area contributed by atoms with Gasteiger partial charge in [0.2, 0.25) is 12.3 Å². The molecule has 0 bridgehead atoms. The van der Waals surface area contributed by atoms with Crippen LogP contribution in [0.15, 0.2) is 84.9 Å². The predicted molar refractivity (Wildman–Crippen MR) is 172 cm³/mol. The van der Waals surface area contributed by atoms with Gasteiger partial charge in [-0.05, 0) is 56.4 Å². The molecule has 1 unspecified atom stereocenters. The third kappa shape index (κ3) is 9.37. The number of nitrogens with zero attached hydrogens (tertiary/aromatic N) is 1. The average Bonchev–Trinajstić information content (AvgIpc) is 3.04. The van der Waals surface area contributed by atoms with E-state index in [0.29, 0.717) is 18.5 Å². The van der Waals surface area contributed by atoms with E-state index in [1.165, 1.54) is 12.0 Å². The highest BCUT2D eigenvalue weighted by Gasteiger charge is 2.39. The molecule has 46 heavy (non-hydrogen) atoms. The fourth-order valence-corrected chi connectivity index (χ4v) is 5.53. The number of alkyl carbamates (subject to hydrolysis) is 1. The highest BCUT2D eigenvalue weighted by atomic mass is 16.6. The van der Waals surface area contributed by atoms with Crippen molar-refractivity contribution in [2.75, 3.05) is 25.6 Å². The second-order valence-electron chi connectivity index (χ2n) is 12.2. The summed E-state index contributed by atoms with van der Waals surface area (Å²) in [5.41, 5.74) is 2.39. The van der Waals surface area contributed by atoms with Crippen molar-refractivity contribution >= 4 is 23.7 Å². The second kappa shape index (κ2) is 15.8. The summed E-state index contributed by atoms with van der Waals surface area (Å²) in [6, 6.07) is 24.3. The summed E-state index contributed by atoms with van der Waals surface area (Å²) in [4.78, 5) is 39.8. The van der Waals surface area contributed by atoms with Gasteiger partial charge in [0.1, 0.15) is 12.1 Å². The first-order valence-electron chi connectivity index (χ1n) is 15.3. The van der Waals surface area contributed by atoms with E-state index in [1.807, 2.05) is 78.9 Å². The fourth-order valence-electron chi connectivity index (χ4n) is 5.53. The van der Waals surface area contributed by atoms with Crippen LogP contribution in [0, 0.1) is 0 Å². The molecule has 0 saturated carbocycles. The van der Waals surface area contributed by atoms with Gasteiger partial charge in [0.25, 0.3) is 0 Å². The van der Waals surface area contributed by atoms with Crippen molar-refractivity contribution in [3.63, 3.8) is 0 Å². The number of morpholine rings is 1. The average molecular weight is 634 g/mol. The van der Waals surface area contributed by atoms with E-state index in [0.717, 1.165) is 16.7 Å². The quantitative estimate of drug-likeness (QED) is 0.214. The molecule has 1 aliphatic rings. The van der Waals surface area contributed by atoms with Crippen LogP contribution in [0.3, 0.4) is 0 Å². The third-order valence-electron chi connectivity index (χ3n) is 7.74. The number of amides is 2. The van der Waals surface area contributed by atoms with Crippen molar-refractivity contribution in [3.05, 3.63) is 102 Å². The number of anilines is 1. The molecule has 4 N–H and O–H groups in total. The Morgan fingerprint density at radius 3 is 2.11 bits per heavy atom. The number of hydrogen-bond donors (Lipinski definition) is 4. The van der Waals surface area contributed by atoms with E-state index in [1.54, 1.807) is 26.8 Å². The highest BCUT2D eigenvalue weighted by molar-refractivity contribution is 5.98. The molecule has 1 saturated heterocycles. The minimum atomic E-state index is -1.42. The zero-order valence-electron chi connectivity index (χ0n) is 26.6. The number of hydrogen-bond acceptors (Lipinski definition) is 8. The van der Waals surface area contributed by atoms with E-state index in [9.17, 15) is 24.6 Å². The van der Waals surface area contributed by atoms with E-state index in [4.69, 9.17) is 14.2 Å². The van der Waals surface area contributed by atoms with Crippen LogP contribution in [0.1, 0.15) is 49.8 Å². The van der Waals surface area contributed by atoms with E-state index >= 15 is 0 Å². The standard InChI is InChI=1S/C35H43N3O8/c1-35(2,3)46-34(43)38-21-26(45-22-28(38)32(40)41)20-19-23-13-11-12-18-27(23)36-31(39)30(37-33(42)44-4)29(24-14-7-5-8-15-24)25-16-9-6-10-17-25/h5-18,26,28-30,34,43H,19-22H2,1-4H3,(H,36,39)(H,37,42)(H,40,41)/t26-,28+,30+,34?/m1/s1. The number of carboxylic acid groups (broad SMARTS) is 1. The minimum Gasteiger partial charge on any atom is -0.480 e. The molecule has 3 aromatic rings. The molecule has 0 spiro atoms. The number of aliphatic hydroxyl groups excluding tert-OH is 1. The van der Waals surface area contributed by atoms with Gasteiger partial charge in [-0.3, -0.25) is 9.59 Å². The minimum absolute atomic E-state index is 0.107. The Morgan fingerprint density at radius 1 is 0.957 bits per heavy atom. The SMILES string of the molecule is COC(=O)N[C@H](C(=O)Nc1ccccc1CC[C@@H]1CN(C(O)OC(C)(C)C)[C@H](C(=O)O)CO1)C(c1ccccc1)c1ccccc1. The molecule has 4 rings (SSSR count). The number of para-hydroxylation sites is 1. The van der Waals surface area contributed by atoms with Crippen molar-refractivity contribution in [1.29, 1.82) is 0 Å². The van der Waals surface area contributed by atoms with Crippen LogP contribution >= 0.6 is 0 Å². The first-order valence-corrected chi connectivity index (χ1v) is 15.3. The maximum absolute atomic E-state index is 14.0. The number of aliphatic carboxylic acids is 1. The zero-order chi connectivity index (χ0) is 33.3. The number of aliphatic hydroxyl groups is 1. The first kappa shape index (κ1) is 34.6. The molecule has 0 aliphatic carbocycles. The van der Waals surface area contributed by atoms with Crippen molar-refractivity contribution in [1.82, 2.24) is 10.2 Å². The maximum Gasteiger partial charge on any atom is 0.407 e. The molecule has 4 atom stereocenters. The Bertz CT molecular complexity index is 1410. The van der Waals surface area contributed by atoms with Crippen LogP contribution < -0.4 is 10.6 Å². The van der Waals surface area contributed by atoms with Crippen molar-refractivity contribution < 1.29 is 38.8 Å². The molecule has 3 aromatic carbocycles. The van der Waals surface area contributed by atoms with Crippen molar-refractivity contribution in [3.8, 4) is 0 Å². The number of nitrogens with one attached hydrogen (secondary N) is 2. The van der Waals surface area contributed by atoms with Gasteiger partial charge < -0.3 is 35.1 Å². The van der Waals surface area contributed by atoms with Crippen LogP contribution in [0.5, 0.6) is 0 Å². The third-order valence-corrected chi connectivity index (χ3v) is 7.74. The second-order valence-corrected chi connectivity index (χ2v) is 12.2. The van der Waals surface area contributed by atoms with Gasteiger partial charge in [0.05, 0.1) is 25.4 Å². The number of ether oxygens (including phenoxy) is 3. The molecule has 2 amide bonds. The molecule has 11 nitrogen and oxygen atoms in total. The zero-order valence-corrected chi connectivity index (χ0v) is 26.6. The molecule has 1 fully saturated rings. The van der Waals surface area contributed by atoms with Crippen LogP contribution in [0.4, 0.5) is 10.5 Å². The maximum atomic E-state index is 14.0. The van der Waals surface area contributed by atoms with E-state index < -0.39 is 54.1 Å². The Morgan fingerprint density at radius 2 is 1.54 bits per heavy atom. The van der Waals surface area contributed by atoms with Crippen molar-refractivity contribution in [2.45, 2.75) is 69.7 Å². The summed E-state index contributed by atoms with van der Waals surface area (Å²) in [6.07, 6.45) is -1.58. The van der Waals surface area contributed by atoms with Crippen LogP contribution in [-0.4, -0.2) is 83.5 Å². The molecule has 0 aromatic heterocycles. The summed E-state index contributed by atoms with van der Waals surface area (Å²) < 4.78 is 16.4. The Labute approximate surface area is 269 Å². The Hall–Kier alpha value is -4.29. The molecule has 0 radical (unpaired) electrons. The number of aryl methyl sites for hydroxylation is 1. The molecule has 1 aliphatic heterocycles. The first-order chi connectivity index (χ1) is 22.0. The molecule has 11 heteroatoms. The lowest BCUT2D eigenvalue weighted by molar-refractivity contribution is -0.269. The van der Waals surface area contributed by atoms with Gasteiger partial charge >= 0.3 is 12.1 Å². The molecule has 246 valence electrons. The van der Waals surface area contributed by atoms with Gasteiger partial charge in [-0.2, -0.15) is 0 Å². The number of carbonyl (C=O) groups excluding carboxylic acids is 2. The number of carbonyl (C=O) groups is 3. The lowest BCUT2D eigenvalue weighted by atomic mass is 9.84. The lowest BCUT2D eigenvalue weighted by Gasteiger charge is -2.41. The summed E-state index contributed by atoms with van der Waals surface area (Å²) in [7, 11) is 1.25. The molecule has 1 heterocycles. The monoisotopic (exact) mass is 633 g/mol. The molecular weight excluding hydrogens is 590 g/mol. The topological polar surface area (TPSA) is 147 Å². The van der Waals surface area contributed by atoms with E-state index in [-0.39, 0.29) is 13.2 Å². The normalized spacial score (nSPS) is 18.4. The van der Waals surface area contributed by atoms with Gasteiger partial charge in [-0.1, -0.05) is 78.9 Å². The summed E-state index contributed by atoms with van der Waals surface area (Å²) in [5, 5.41) is 26.2. The summed E-state index contributed by atoms with van der Waals surface area (Å²) in [5.74, 6) is -2.05. The fraction of sp³-hybridized carbons (Fsp3) is 0.400. The Balaban J connectivity index is 1.53. The predicted octanol–water partition coefficient (Wildman–Crippen LogP) is 4.36. The lowest BCUT2D eigenvalue weighted by Crippen LogP contribution is -2.58. The van der Waals surface area contributed by atoms with E-state index in [2.05, 4.69) is 10.6 Å². The van der Waals surface area contributed by atoms with Crippen molar-refractivity contribution in [2.24, 2.45) is 0 Å². The number of methoxy groups -OCH3 is 1. The Kier molecular flexibility index (Phi) is 11.9. The number of benzene rings is 3. The van der Waals surface area contributed by atoms with Gasteiger partial charge in [0.15, 0.2) is 0 Å². The summed E-state index contributed by atoms with van der Waals surface area (Å²) in [6.45, 7) is 5.38. The number of carboxylic acids is 1. The van der Waals surface area contributed by atoms with Crippen LogP contribution in [-0.2, 0) is 30.2 Å². The van der Waals surface area contributed by atoms with Gasteiger partial charge in [-0.15, -0.1) is 0 Å². The highest BCUT2D eigenvalue weighted by Crippen LogP contribution is 2.30. The largest absolute Gasteiger partial charge is 0.480 e.